The first kappa shape index (κ1) is 21.5. The van der Waals surface area contributed by atoms with Gasteiger partial charge in [0.2, 0.25) is 5.91 Å². The molecule has 2 aromatic rings. The number of carbonyl (C=O) groups is 1. The van der Waals surface area contributed by atoms with E-state index in [1.165, 1.54) is 9.87 Å². The molecular formula is C21H30N4O3S. The number of sulfonamides is 1. The fourth-order valence-corrected chi connectivity index (χ4v) is 5.07. The quantitative estimate of drug-likeness (QED) is 0.647. The van der Waals surface area contributed by atoms with Crippen molar-refractivity contribution in [2.45, 2.75) is 44.1 Å². The lowest BCUT2D eigenvalue weighted by Gasteiger charge is -2.21. The van der Waals surface area contributed by atoms with Crippen molar-refractivity contribution in [1.82, 2.24) is 18.8 Å². The van der Waals surface area contributed by atoms with Gasteiger partial charge in [0, 0.05) is 45.8 Å². The largest absolute Gasteiger partial charge is 0.341 e. The molecule has 1 amide bonds. The number of nitrogens with zero attached hydrogens (tertiary/aromatic N) is 4. The Hall–Kier alpha value is -2.19. The molecule has 1 fully saturated rings. The summed E-state index contributed by atoms with van der Waals surface area (Å²) in [5.41, 5.74) is 1.29. The van der Waals surface area contributed by atoms with Gasteiger partial charge in [-0.1, -0.05) is 30.3 Å². The Morgan fingerprint density at radius 3 is 2.52 bits per heavy atom. The van der Waals surface area contributed by atoms with E-state index < -0.39 is 10.0 Å². The first-order chi connectivity index (χ1) is 13.9. The van der Waals surface area contributed by atoms with Crippen molar-refractivity contribution in [3.05, 3.63) is 47.9 Å². The smallest absolute Gasteiger partial charge is 0.262 e. The maximum absolute atomic E-state index is 12.9. The number of hydrogen-bond acceptors (Lipinski definition) is 4. The standard InChI is InChI=1S/C21H30N4O3S/c1-18-22-20(17-23(18)2)29(27,28)25-14-8-13-24(15-16-25)21(26)12-7-6-11-19-9-4-3-5-10-19/h3-5,9-10,17H,6-8,11-16H2,1-2H3. The SMILES string of the molecule is Cc1nc(S(=O)(=O)N2CCCN(C(=O)CCCCc3ccccc3)CC2)cn1C. The van der Waals surface area contributed by atoms with E-state index in [0.29, 0.717) is 44.8 Å². The number of amides is 1. The van der Waals surface area contributed by atoms with Gasteiger partial charge in [0.25, 0.3) is 10.0 Å². The molecule has 3 rings (SSSR count). The third-order valence-electron chi connectivity index (χ3n) is 5.45. The van der Waals surface area contributed by atoms with E-state index in [1.54, 1.807) is 24.7 Å². The van der Waals surface area contributed by atoms with Gasteiger partial charge in [-0.2, -0.15) is 4.31 Å². The molecule has 0 unspecified atom stereocenters. The third kappa shape index (κ3) is 5.45. The molecule has 29 heavy (non-hydrogen) atoms. The molecule has 1 aromatic heterocycles. The summed E-state index contributed by atoms with van der Waals surface area (Å²) in [6.07, 6.45) is 5.50. The number of aryl methyl sites for hydroxylation is 3. The summed E-state index contributed by atoms with van der Waals surface area (Å²) < 4.78 is 28.9. The first-order valence-electron chi connectivity index (χ1n) is 10.2. The van der Waals surface area contributed by atoms with Crippen molar-refractivity contribution in [2.75, 3.05) is 26.2 Å². The fourth-order valence-electron chi connectivity index (χ4n) is 3.57. The van der Waals surface area contributed by atoms with Crippen molar-refractivity contribution in [3.8, 4) is 0 Å². The highest BCUT2D eigenvalue weighted by Crippen LogP contribution is 2.18. The Bertz CT molecular complexity index is 905. The average Bonchev–Trinajstić information content (AvgIpc) is 2.92. The summed E-state index contributed by atoms with van der Waals surface area (Å²) in [7, 11) is -1.84. The Morgan fingerprint density at radius 2 is 1.83 bits per heavy atom. The van der Waals surface area contributed by atoms with Crippen molar-refractivity contribution in [2.24, 2.45) is 7.05 Å². The third-order valence-corrected chi connectivity index (χ3v) is 7.22. The van der Waals surface area contributed by atoms with E-state index in [9.17, 15) is 13.2 Å². The summed E-state index contributed by atoms with van der Waals surface area (Å²) in [5.74, 6) is 0.775. The molecule has 0 radical (unpaired) electrons. The number of unbranched alkanes of at least 4 members (excludes halogenated alkanes) is 1. The molecule has 7 nitrogen and oxygen atoms in total. The van der Waals surface area contributed by atoms with Crippen LogP contribution in [0.15, 0.2) is 41.6 Å². The zero-order valence-corrected chi connectivity index (χ0v) is 18.1. The number of imidazole rings is 1. The van der Waals surface area contributed by atoms with Crippen molar-refractivity contribution in [1.29, 1.82) is 0 Å². The predicted octanol–water partition coefficient (Wildman–Crippen LogP) is 2.36. The molecule has 1 aromatic carbocycles. The molecule has 0 N–H and O–H groups in total. The summed E-state index contributed by atoms with van der Waals surface area (Å²) in [6.45, 7) is 3.54. The van der Waals surface area contributed by atoms with E-state index in [-0.39, 0.29) is 10.9 Å². The van der Waals surface area contributed by atoms with Gasteiger partial charge in [0.15, 0.2) is 5.03 Å². The molecule has 0 atom stereocenters. The number of aromatic nitrogens is 2. The zero-order chi connectivity index (χ0) is 20.9. The van der Waals surface area contributed by atoms with Gasteiger partial charge in [-0.05, 0) is 38.2 Å². The zero-order valence-electron chi connectivity index (χ0n) is 17.2. The molecule has 8 heteroatoms. The van der Waals surface area contributed by atoms with Crippen LogP contribution in [0.2, 0.25) is 0 Å². The predicted molar refractivity (Wildman–Crippen MR) is 112 cm³/mol. The lowest BCUT2D eigenvalue weighted by atomic mass is 10.1. The molecule has 1 saturated heterocycles. The van der Waals surface area contributed by atoms with E-state index >= 15 is 0 Å². The van der Waals surface area contributed by atoms with Gasteiger partial charge in [-0.3, -0.25) is 4.79 Å². The minimum Gasteiger partial charge on any atom is -0.341 e. The topological polar surface area (TPSA) is 75.5 Å². The summed E-state index contributed by atoms with van der Waals surface area (Å²) >= 11 is 0. The monoisotopic (exact) mass is 418 g/mol. The van der Waals surface area contributed by atoms with E-state index in [4.69, 9.17) is 0 Å². The van der Waals surface area contributed by atoms with Crippen LogP contribution in [0.3, 0.4) is 0 Å². The molecule has 1 aliphatic rings. The lowest BCUT2D eigenvalue weighted by molar-refractivity contribution is -0.131. The maximum Gasteiger partial charge on any atom is 0.262 e. The minimum absolute atomic E-state index is 0.0817. The highest BCUT2D eigenvalue weighted by atomic mass is 32.2. The number of hydrogen-bond donors (Lipinski definition) is 0. The van der Waals surface area contributed by atoms with Crippen LogP contribution in [-0.2, 0) is 28.3 Å². The molecule has 2 heterocycles. The summed E-state index contributed by atoms with van der Waals surface area (Å²) in [5, 5.41) is 0.0817. The highest BCUT2D eigenvalue weighted by Gasteiger charge is 2.30. The molecule has 0 spiro atoms. The first-order valence-corrected chi connectivity index (χ1v) is 11.6. The van der Waals surface area contributed by atoms with Crippen LogP contribution in [0.25, 0.3) is 0 Å². The van der Waals surface area contributed by atoms with Gasteiger partial charge in [0.1, 0.15) is 5.82 Å². The highest BCUT2D eigenvalue weighted by molar-refractivity contribution is 7.89. The van der Waals surface area contributed by atoms with E-state index in [2.05, 4.69) is 17.1 Å². The summed E-state index contributed by atoms with van der Waals surface area (Å²) in [6, 6.07) is 10.3. The van der Waals surface area contributed by atoms with Crippen LogP contribution < -0.4 is 0 Å². The number of benzene rings is 1. The lowest BCUT2D eigenvalue weighted by Crippen LogP contribution is -2.37. The van der Waals surface area contributed by atoms with Gasteiger partial charge in [0.05, 0.1) is 0 Å². The Morgan fingerprint density at radius 1 is 1.07 bits per heavy atom. The molecule has 0 saturated carbocycles. The Labute approximate surface area is 173 Å². The Balaban J connectivity index is 1.49. The molecular weight excluding hydrogens is 388 g/mol. The maximum atomic E-state index is 12.9. The van der Waals surface area contributed by atoms with Crippen molar-refractivity contribution in [3.63, 3.8) is 0 Å². The van der Waals surface area contributed by atoms with Gasteiger partial charge in [-0.15, -0.1) is 0 Å². The second kappa shape index (κ2) is 9.54. The number of rotatable bonds is 7. The second-order valence-corrected chi connectivity index (χ2v) is 9.45. The molecule has 0 bridgehead atoms. The molecule has 0 aliphatic carbocycles. The van der Waals surface area contributed by atoms with Gasteiger partial charge in [-0.25, -0.2) is 13.4 Å². The Kier molecular flexibility index (Phi) is 7.08. The van der Waals surface area contributed by atoms with Crippen LogP contribution >= 0.6 is 0 Å². The normalized spacial score (nSPS) is 16.0. The van der Waals surface area contributed by atoms with Crippen LogP contribution in [-0.4, -0.2) is 59.3 Å². The summed E-state index contributed by atoms with van der Waals surface area (Å²) in [4.78, 5) is 18.6. The minimum atomic E-state index is -3.62. The molecule has 1 aliphatic heterocycles. The van der Waals surface area contributed by atoms with E-state index in [0.717, 1.165) is 19.3 Å². The van der Waals surface area contributed by atoms with Crippen LogP contribution in [0.5, 0.6) is 0 Å². The van der Waals surface area contributed by atoms with Crippen LogP contribution in [0.4, 0.5) is 0 Å². The van der Waals surface area contributed by atoms with Gasteiger partial charge >= 0.3 is 0 Å². The van der Waals surface area contributed by atoms with Crippen molar-refractivity contribution < 1.29 is 13.2 Å². The second-order valence-electron chi connectivity index (χ2n) is 7.57. The van der Waals surface area contributed by atoms with E-state index in [1.807, 2.05) is 23.1 Å². The van der Waals surface area contributed by atoms with Crippen LogP contribution in [0.1, 0.15) is 37.1 Å². The van der Waals surface area contributed by atoms with Crippen LogP contribution in [0, 0.1) is 6.92 Å². The number of carbonyl (C=O) groups excluding carboxylic acids is 1. The van der Waals surface area contributed by atoms with Gasteiger partial charge < -0.3 is 9.47 Å². The average molecular weight is 419 g/mol. The fraction of sp³-hybridized carbons (Fsp3) is 0.524. The van der Waals surface area contributed by atoms with Crippen molar-refractivity contribution >= 4 is 15.9 Å². The molecule has 158 valence electrons.